The third-order valence-corrected chi connectivity index (χ3v) is 4.61. The van der Waals surface area contributed by atoms with Gasteiger partial charge in [0.1, 0.15) is 0 Å². The number of rotatable bonds is 8. The molecule has 7 heteroatoms. The molecule has 2 rings (SSSR count). The van der Waals surface area contributed by atoms with Crippen LogP contribution in [0.2, 0.25) is 5.02 Å². The van der Waals surface area contributed by atoms with Gasteiger partial charge in [0.05, 0.1) is 24.3 Å². The summed E-state index contributed by atoms with van der Waals surface area (Å²) in [5, 5.41) is 3.17. The number of esters is 1. The van der Waals surface area contributed by atoms with Crippen molar-refractivity contribution in [2.24, 2.45) is 5.92 Å². The Balaban J connectivity index is 1.94. The predicted molar refractivity (Wildman–Crippen MR) is 104 cm³/mol. The van der Waals surface area contributed by atoms with Crippen LogP contribution in [0.1, 0.15) is 56.3 Å². The summed E-state index contributed by atoms with van der Waals surface area (Å²) in [6.07, 6.45) is 5.40. The van der Waals surface area contributed by atoms with Crippen molar-refractivity contribution >= 4 is 23.5 Å². The summed E-state index contributed by atoms with van der Waals surface area (Å²) in [5.74, 6) is 0.133. The van der Waals surface area contributed by atoms with E-state index < -0.39 is 5.97 Å². The van der Waals surface area contributed by atoms with Crippen molar-refractivity contribution in [1.29, 1.82) is 0 Å². The van der Waals surface area contributed by atoms with Crippen molar-refractivity contribution in [3.8, 4) is 11.5 Å². The molecule has 1 N–H and O–H groups in total. The van der Waals surface area contributed by atoms with Crippen LogP contribution in [0.3, 0.4) is 0 Å². The van der Waals surface area contributed by atoms with E-state index >= 15 is 0 Å². The number of ether oxygens (including phenoxy) is 3. The molecule has 0 spiro atoms. The fourth-order valence-electron chi connectivity index (χ4n) is 2.96. The molecule has 0 atom stereocenters. The Morgan fingerprint density at radius 1 is 1.22 bits per heavy atom. The number of hydrogen-bond donors (Lipinski definition) is 1. The number of amides is 1. The van der Waals surface area contributed by atoms with Crippen molar-refractivity contribution in [3.05, 3.63) is 22.7 Å². The molecule has 1 aliphatic rings. The maximum atomic E-state index is 12.3. The summed E-state index contributed by atoms with van der Waals surface area (Å²) in [7, 11) is 1.47. The number of hydrogen-bond acceptors (Lipinski definition) is 5. The lowest BCUT2D eigenvalue weighted by Crippen LogP contribution is -2.38. The molecule has 150 valence electrons. The Morgan fingerprint density at radius 3 is 2.56 bits per heavy atom. The minimum Gasteiger partial charge on any atom is -0.493 e. The van der Waals surface area contributed by atoms with Gasteiger partial charge in [0.15, 0.2) is 18.1 Å². The molecule has 1 fully saturated rings. The van der Waals surface area contributed by atoms with Crippen molar-refractivity contribution in [2.45, 2.75) is 52.0 Å². The molecule has 0 heterocycles. The maximum Gasteiger partial charge on any atom is 0.338 e. The van der Waals surface area contributed by atoms with Gasteiger partial charge < -0.3 is 19.5 Å². The van der Waals surface area contributed by atoms with Gasteiger partial charge >= 0.3 is 5.97 Å². The topological polar surface area (TPSA) is 73.9 Å². The van der Waals surface area contributed by atoms with Crippen LogP contribution in [0.5, 0.6) is 11.5 Å². The van der Waals surface area contributed by atoms with Gasteiger partial charge in [0, 0.05) is 6.04 Å². The van der Waals surface area contributed by atoms with Crippen LogP contribution in [-0.4, -0.2) is 38.2 Å². The van der Waals surface area contributed by atoms with Crippen molar-refractivity contribution < 1.29 is 23.8 Å². The van der Waals surface area contributed by atoms with E-state index in [1.165, 1.54) is 25.7 Å². The second-order valence-electron chi connectivity index (χ2n) is 7.17. The smallest absolute Gasteiger partial charge is 0.338 e. The quantitative estimate of drug-likeness (QED) is 0.671. The Morgan fingerprint density at radius 2 is 1.93 bits per heavy atom. The summed E-state index contributed by atoms with van der Waals surface area (Å²) < 4.78 is 16.1. The van der Waals surface area contributed by atoms with Gasteiger partial charge in [-0.3, -0.25) is 4.79 Å². The number of methoxy groups -OCH3 is 1. The fourth-order valence-corrected chi connectivity index (χ4v) is 3.22. The molecule has 1 amide bonds. The molecule has 0 aliphatic heterocycles. The average Bonchev–Trinajstić information content (AvgIpc) is 2.65. The molecule has 6 nitrogen and oxygen atoms in total. The SMILES string of the molecule is COc1cc(C(=O)OCC(=O)NC2CCCCC2)cc(Cl)c1OCC(C)C. The van der Waals surface area contributed by atoms with Gasteiger partial charge in [-0.1, -0.05) is 44.7 Å². The lowest BCUT2D eigenvalue weighted by molar-refractivity contribution is -0.125. The summed E-state index contributed by atoms with van der Waals surface area (Å²) in [6.45, 7) is 4.19. The molecule has 0 aromatic heterocycles. The number of carbonyl (C=O) groups excluding carboxylic acids is 2. The van der Waals surface area contributed by atoms with Crippen LogP contribution >= 0.6 is 11.6 Å². The molecule has 0 bridgehead atoms. The number of nitrogens with one attached hydrogen (secondary N) is 1. The van der Waals surface area contributed by atoms with E-state index in [1.807, 2.05) is 13.8 Å². The standard InChI is InChI=1S/C20H28ClNO5/c1-13(2)11-26-19-16(21)9-14(10-17(19)25-3)20(24)27-12-18(23)22-15-7-5-4-6-8-15/h9-10,13,15H,4-8,11-12H2,1-3H3,(H,22,23). The first-order valence-corrected chi connectivity index (χ1v) is 9.75. The van der Waals surface area contributed by atoms with Crippen LogP contribution in [0.25, 0.3) is 0 Å². The summed E-state index contributed by atoms with van der Waals surface area (Å²) in [6, 6.07) is 3.14. The van der Waals surface area contributed by atoms with Crippen molar-refractivity contribution in [3.63, 3.8) is 0 Å². The van der Waals surface area contributed by atoms with E-state index in [4.69, 9.17) is 25.8 Å². The highest BCUT2D eigenvalue weighted by molar-refractivity contribution is 6.32. The third kappa shape index (κ3) is 6.61. The normalized spacial score (nSPS) is 14.7. The second kappa shape index (κ2) is 10.4. The van der Waals surface area contributed by atoms with Gasteiger partial charge in [0.25, 0.3) is 5.91 Å². The van der Waals surface area contributed by atoms with E-state index in [1.54, 1.807) is 0 Å². The lowest BCUT2D eigenvalue weighted by Gasteiger charge is -2.22. The summed E-state index contributed by atoms with van der Waals surface area (Å²) in [5.41, 5.74) is 0.208. The zero-order valence-corrected chi connectivity index (χ0v) is 16.9. The molecule has 1 aromatic rings. The van der Waals surface area contributed by atoms with E-state index in [0.717, 1.165) is 25.7 Å². The minimum atomic E-state index is -0.635. The van der Waals surface area contributed by atoms with E-state index in [0.29, 0.717) is 24.0 Å². The first-order chi connectivity index (χ1) is 12.9. The predicted octanol–water partition coefficient (Wildman–Crippen LogP) is 3.99. The summed E-state index contributed by atoms with van der Waals surface area (Å²) >= 11 is 6.24. The first-order valence-electron chi connectivity index (χ1n) is 9.37. The fraction of sp³-hybridized carbons (Fsp3) is 0.600. The molecule has 1 aromatic carbocycles. The Labute approximate surface area is 165 Å². The highest BCUT2D eigenvalue weighted by Gasteiger charge is 2.20. The van der Waals surface area contributed by atoms with Gasteiger partial charge in [-0.05, 0) is 30.9 Å². The van der Waals surface area contributed by atoms with E-state index in [2.05, 4.69) is 5.32 Å². The van der Waals surface area contributed by atoms with Crippen molar-refractivity contribution in [2.75, 3.05) is 20.3 Å². The number of benzene rings is 1. The van der Waals surface area contributed by atoms with Gasteiger partial charge in [0.2, 0.25) is 0 Å². The highest BCUT2D eigenvalue weighted by atomic mass is 35.5. The Kier molecular flexibility index (Phi) is 8.23. The molecule has 1 saturated carbocycles. The lowest BCUT2D eigenvalue weighted by atomic mass is 9.95. The third-order valence-electron chi connectivity index (χ3n) is 4.33. The maximum absolute atomic E-state index is 12.3. The Hall–Kier alpha value is -1.95. The monoisotopic (exact) mass is 397 g/mol. The van der Waals surface area contributed by atoms with Crippen molar-refractivity contribution in [1.82, 2.24) is 5.32 Å². The van der Waals surface area contributed by atoms with Crippen LogP contribution < -0.4 is 14.8 Å². The number of carbonyl (C=O) groups is 2. The average molecular weight is 398 g/mol. The zero-order valence-electron chi connectivity index (χ0n) is 16.2. The van der Waals surface area contributed by atoms with E-state index in [-0.39, 0.29) is 29.1 Å². The van der Waals surface area contributed by atoms with Crippen LogP contribution in [0.15, 0.2) is 12.1 Å². The Bertz CT molecular complexity index is 656. The van der Waals surface area contributed by atoms with Crippen LogP contribution in [0.4, 0.5) is 0 Å². The summed E-state index contributed by atoms with van der Waals surface area (Å²) in [4.78, 5) is 24.3. The minimum absolute atomic E-state index is 0.178. The zero-order chi connectivity index (χ0) is 19.8. The highest BCUT2D eigenvalue weighted by Crippen LogP contribution is 2.36. The van der Waals surface area contributed by atoms with Crippen LogP contribution in [-0.2, 0) is 9.53 Å². The first kappa shape index (κ1) is 21.4. The molecule has 0 unspecified atom stereocenters. The molecule has 0 radical (unpaired) electrons. The number of halogens is 1. The van der Waals surface area contributed by atoms with E-state index in [9.17, 15) is 9.59 Å². The van der Waals surface area contributed by atoms with Crippen LogP contribution in [0, 0.1) is 5.92 Å². The largest absolute Gasteiger partial charge is 0.493 e. The molecular weight excluding hydrogens is 370 g/mol. The second-order valence-corrected chi connectivity index (χ2v) is 7.58. The molecule has 1 aliphatic carbocycles. The molecule has 27 heavy (non-hydrogen) atoms. The van der Waals surface area contributed by atoms with Gasteiger partial charge in [-0.25, -0.2) is 4.79 Å². The molecular formula is C20H28ClNO5. The van der Waals surface area contributed by atoms with Gasteiger partial charge in [-0.15, -0.1) is 0 Å². The van der Waals surface area contributed by atoms with Gasteiger partial charge in [-0.2, -0.15) is 0 Å². The molecule has 0 saturated heterocycles.